The van der Waals surface area contributed by atoms with Crippen LogP contribution in [-0.4, -0.2) is 39.4 Å². The van der Waals surface area contributed by atoms with Gasteiger partial charge in [0.25, 0.3) is 0 Å². The third-order valence-corrected chi connectivity index (χ3v) is 3.03. The van der Waals surface area contributed by atoms with Gasteiger partial charge in [0.2, 0.25) is 0 Å². The predicted molar refractivity (Wildman–Crippen MR) is 78.0 cm³/mol. The van der Waals surface area contributed by atoms with Crippen LogP contribution in [0.2, 0.25) is 0 Å². The van der Waals surface area contributed by atoms with Crippen LogP contribution in [0.3, 0.4) is 0 Å². The molecule has 19 heavy (non-hydrogen) atoms. The molecule has 0 saturated carbocycles. The molecule has 0 atom stereocenters. The van der Waals surface area contributed by atoms with E-state index in [0.29, 0.717) is 37.7 Å². The number of halogens is 1. The lowest BCUT2D eigenvalue weighted by molar-refractivity contribution is 0.0806. The van der Waals surface area contributed by atoms with E-state index in [9.17, 15) is 0 Å². The summed E-state index contributed by atoms with van der Waals surface area (Å²) in [5, 5.41) is 7.53. The molecule has 1 aromatic rings. The van der Waals surface area contributed by atoms with Gasteiger partial charge in [-0.25, -0.2) is 0 Å². The summed E-state index contributed by atoms with van der Waals surface area (Å²) in [6, 6.07) is 5.45. The molecule has 106 valence electrons. The summed E-state index contributed by atoms with van der Waals surface area (Å²) < 4.78 is 16.6. The van der Waals surface area contributed by atoms with E-state index in [4.69, 9.17) is 25.4 Å². The van der Waals surface area contributed by atoms with Gasteiger partial charge < -0.3 is 19.9 Å². The Balaban J connectivity index is 2.37. The molecule has 0 aliphatic rings. The van der Waals surface area contributed by atoms with Crippen LogP contribution in [0.1, 0.15) is 12.0 Å². The minimum absolute atomic E-state index is 0.0245. The first-order valence-corrected chi connectivity index (χ1v) is 6.78. The molecule has 0 amide bonds. The molecular weight excluding hydrogens is 312 g/mol. The second-order valence-corrected chi connectivity index (χ2v) is 4.69. The van der Waals surface area contributed by atoms with Crippen molar-refractivity contribution in [1.82, 2.24) is 0 Å². The molecule has 6 heteroatoms. The highest BCUT2D eigenvalue weighted by Crippen LogP contribution is 2.26. The van der Waals surface area contributed by atoms with Crippen molar-refractivity contribution in [1.29, 1.82) is 5.41 Å². The van der Waals surface area contributed by atoms with E-state index < -0.39 is 0 Å². The maximum atomic E-state index is 7.53. The van der Waals surface area contributed by atoms with Gasteiger partial charge in [-0.1, -0.05) is 6.07 Å². The molecule has 0 saturated heterocycles. The van der Waals surface area contributed by atoms with Gasteiger partial charge in [-0.2, -0.15) is 0 Å². The van der Waals surface area contributed by atoms with E-state index in [2.05, 4.69) is 15.9 Å². The van der Waals surface area contributed by atoms with Crippen LogP contribution in [0.25, 0.3) is 0 Å². The fourth-order valence-corrected chi connectivity index (χ4v) is 2.07. The van der Waals surface area contributed by atoms with Crippen molar-refractivity contribution >= 4 is 21.8 Å². The monoisotopic (exact) mass is 330 g/mol. The highest BCUT2D eigenvalue weighted by Gasteiger charge is 2.10. The average Bonchev–Trinajstić information content (AvgIpc) is 2.37. The van der Waals surface area contributed by atoms with E-state index in [1.807, 2.05) is 12.1 Å². The lowest BCUT2D eigenvalue weighted by atomic mass is 10.2. The number of ether oxygens (including phenoxy) is 3. The Morgan fingerprint density at radius 3 is 2.74 bits per heavy atom. The fraction of sp³-hybridized carbons (Fsp3) is 0.462. The number of amidine groups is 1. The molecular formula is C13H19BrN2O3. The van der Waals surface area contributed by atoms with Crippen LogP contribution in [0, 0.1) is 5.41 Å². The Hall–Kier alpha value is -1.11. The molecule has 0 radical (unpaired) electrons. The quantitative estimate of drug-likeness (QED) is 0.413. The first kappa shape index (κ1) is 15.9. The first-order valence-electron chi connectivity index (χ1n) is 5.99. The number of nitrogens with two attached hydrogens (primary N) is 1. The number of nitrogen functional groups attached to an aromatic ring is 1. The van der Waals surface area contributed by atoms with Gasteiger partial charge in [0, 0.05) is 24.8 Å². The Labute approximate surface area is 121 Å². The van der Waals surface area contributed by atoms with Gasteiger partial charge in [-0.15, -0.1) is 0 Å². The molecule has 0 aliphatic heterocycles. The predicted octanol–water partition coefficient (Wildman–Crippen LogP) is 2.17. The molecule has 1 rings (SSSR count). The number of hydrogen-bond acceptors (Lipinski definition) is 4. The topological polar surface area (TPSA) is 77.6 Å². The number of methoxy groups -OCH3 is 1. The summed E-state index contributed by atoms with van der Waals surface area (Å²) in [4.78, 5) is 0. The summed E-state index contributed by atoms with van der Waals surface area (Å²) in [6.45, 7) is 2.26. The Kier molecular flexibility index (Phi) is 7.47. The van der Waals surface area contributed by atoms with E-state index in [0.717, 1.165) is 10.9 Å². The van der Waals surface area contributed by atoms with E-state index in [1.165, 1.54) is 0 Å². The van der Waals surface area contributed by atoms with Crippen LogP contribution in [0.5, 0.6) is 5.75 Å². The minimum atomic E-state index is -0.0245. The summed E-state index contributed by atoms with van der Waals surface area (Å²) in [6.07, 6.45) is 0.867. The van der Waals surface area contributed by atoms with Gasteiger partial charge in [0.15, 0.2) is 0 Å². The minimum Gasteiger partial charge on any atom is -0.490 e. The molecule has 1 aromatic carbocycles. The number of hydrogen-bond donors (Lipinski definition) is 2. The van der Waals surface area contributed by atoms with Gasteiger partial charge in [0.05, 0.1) is 12.2 Å². The molecule has 5 nitrogen and oxygen atoms in total. The van der Waals surface area contributed by atoms with Crippen molar-refractivity contribution in [3.63, 3.8) is 0 Å². The average molecular weight is 331 g/mol. The Bertz CT molecular complexity index is 413. The van der Waals surface area contributed by atoms with Crippen molar-refractivity contribution in [2.45, 2.75) is 6.42 Å². The lowest BCUT2D eigenvalue weighted by Crippen LogP contribution is -2.15. The molecule has 3 N–H and O–H groups in total. The third kappa shape index (κ3) is 5.59. The van der Waals surface area contributed by atoms with Crippen molar-refractivity contribution in [3.05, 3.63) is 28.2 Å². The number of nitrogens with one attached hydrogen (secondary N) is 1. The van der Waals surface area contributed by atoms with Crippen LogP contribution >= 0.6 is 15.9 Å². The molecule has 0 heterocycles. The van der Waals surface area contributed by atoms with E-state index in [-0.39, 0.29) is 5.84 Å². The zero-order valence-corrected chi connectivity index (χ0v) is 12.5. The zero-order valence-electron chi connectivity index (χ0n) is 10.9. The van der Waals surface area contributed by atoms with Gasteiger partial charge in [0.1, 0.15) is 18.2 Å². The highest BCUT2D eigenvalue weighted by atomic mass is 79.9. The largest absolute Gasteiger partial charge is 0.490 e. The normalized spacial score (nSPS) is 10.4. The highest BCUT2D eigenvalue weighted by molar-refractivity contribution is 9.10. The Morgan fingerprint density at radius 1 is 1.26 bits per heavy atom. The van der Waals surface area contributed by atoms with Crippen molar-refractivity contribution in [2.75, 3.05) is 33.5 Å². The van der Waals surface area contributed by atoms with Crippen LogP contribution in [0.4, 0.5) is 0 Å². The van der Waals surface area contributed by atoms with E-state index >= 15 is 0 Å². The summed E-state index contributed by atoms with van der Waals surface area (Å²) in [5.74, 6) is 0.561. The zero-order chi connectivity index (χ0) is 14.1. The summed E-state index contributed by atoms with van der Waals surface area (Å²) >= 11 is 3.35. The van der Waals surface area contributed by atoms with Crippen molar-refractivity contribution in [3.8, 4) is 5.75 Å². The lowest BCUT2D eigenvalue weighted by Gasteiger charge is -2.12. The maximum Gasteiger partial charge on any atom is 0.131 e. The number of benzene rings is 1. The molecule has 0 unspecified atom stereocenters. The smallest absolute Gasteiger partial charge is 0.131 e. The molecule has 0 aromatic heterocycles. The summed E-state index contributed by atoms with van der Waals surface area (Å²) in [5.41, 5.74) is 6.10. The Morgan fingerprint density at radius 2 is 2.05 bits per heavy atom. The molecule has 0 aliphatic carbocycles. The van der Waals surface area contributed by atoms with Crippen LogP contribution in [-0.2, 0) is 9.47 Å². The SMILES string of the molecule is COCCCOCCOc1cccc(Br)c1C(=N)N. The maximum absolute atomic E-state index is 7.53. The standard InChI is InChI=1S/C13H19BrN2O3/c1-17-6-3-7-18-8-9-19-11-5-2-4-10(14)12(11)13(15)16/h2,4-5H,3,6-9H2,1H3,(H3,15,16). The molecule has 0 bridgehead atoms. The first-order chi connectivity index (χ1) is 9.16. The van der Waals surface area contributed by atoms with Crippen LogP contribution < -0.4 is 10.5 Å². The van der Waals surface area contributed by atoms with Gasteiger partial charge in [-0.05, 0) is 34.5 Å². The summed E-state index contributed by atoms with van der Waals surface area (Å²) in [7, 11) is 1.67. The molecule has 0 spiro atoms. The number of rotatable bonds is 9. The van der Waals surface area contributed by atoms with Gasteiger partial charge in [-0.3, -0.25) is 5.41 Å². The molecule has 0 fully saturated rings. The second-order valence-electron chi connectivity index (χ2n) is 3.83. The third-order valence-electron chi connectivity index (χ3n) is 2.37. The fourth-order valence-electron chi connectivity index (χ4n) is 1.50. The van der Waals surface area contributed by atoms with E-state index in [1.54, 1.807) is 13.2 Å². The van der Waals surface area contributed by atoms with Crippen molar-refractivity contribution < 1.29 is 14.2 Å². The van der Waals surface area contributed by atoms with Gasteiger partial charge >= 0.3 is 0 Å². The second kappa shape index (κ2) is 8.90. The van der Waals surface area contributed by atoms with Crippen LogP contribution in [0.15, 0.2) is 22.7 Å². The van der Waals surface area contributed by atoms with Crippen molar-refractivity contribution in [2.24, 2.45) is 5.73 Å².